The van der Waals surface area contributed by atoms with Crippen LogP contribution in [0, 0.1) is 0 Å². The van der Waals surface area contributed by atoms with Gasteiger partial charge < -0.3 is 0 Å². The highest BCUT2D eigenvalue weighted by Gasteiger charge is 2.29. The molecular weight excluding hydrogens is 384 g/mol. The molecule has 1 aromatic carbocycles. The monoisotopic (exact) mass is 407 g/mol. The van der Waals surface area contributed by atoms with Crippen molar-refractivity contribution in [3.63, 3.8) is 0 Å². The Morgan fingerprint density at radius 2 is 1.28 bits per heavy atom. The van der Waals surface area contributed by atoms with E-state index in [1.54, 1.807) is 35.3 Å². The van der Waals surface area contributed by atoms with Gasteiger partial charge in [0.1, 0.15) is 0 Å². The van der Waals surface area contributed by atoms with Gasteiger partial charge in [0, 0.05) is 16.0 Å². The van der Waals surface area contributed by atoms with Crippen LogP contribution in [-0.4, -0.2) is 0 Å². The SMILES string of the molecule is CC(C)(C)c1cc(C2=CSC(=C3SC=CS3)S2)cc(C(C)(C)C)c1[O]. The molecule has 1 aromatic rings. The molecule has 0 spiro atoms. The molecule has 1 nitrogen and oxygen atoms in total. The molecule has 1 radical (unpaired) electrons. The second-order valence-corrected chi connectivity index (χ2v) is 12.5. The van der Waals surface area contributed by atoms with Gasteiger partial charge in [0.15, 0.2) is 5.75 Å². The predicted octanol–water partition coefficient (Wildman–Crippen LogP) is 8.28. The van der Waals surface area contributed by atoms with Crippen LogP contribution in [0.3, 0.4) is 0 Å². The lowest BCUT2D eigenvalue weighted by Crippen LogP contribution is -2.17. The van der Waals surface area contributed by atoms with E-state index in [2.05, 4.69) is 69.9 Å². The summed E-state index contributed by atoms with van der Waals surface area (Å²) in [6.07, 6.45) is 0. The van der Waals surface area contributed by atoms with Crippen molar-refractivity contribution >= 4 is 52.0 Å². The molecule has 0 fully saturated rings. The first-order chi connectivity index (χ1) is 11.6. The molecular formula is C20H23OS4. The fourth-order valence-electron chi connectivity index (χ4n) is 2.66. The van der Waals surface area contributed by atoms with Crippen LogP contribution >= 0.6 is 47.0 Å². The maximum absolute atomic E-state index is 13.0. The lowest BCUT2D eigenvalue weighted by Gasteiger charge is -2.27. The van der Waals surface area contributed by atoms with E-state index >= 15 is 0 Å². The summed E-state index contributed by atoms with van der Waals surface area (Å²) in [4.78, 5) is 1.25. The number of rotatable bonds is 1. The summed E-state index contributed by atoms with van der Waals surface area (Å²) in [5.74, 6) is 0.199. The molecule has 0 saturated carbocycles. The van der Waals surface area contributed by atoms with Crippen molar-refractivity contribution in [2.75, 3.05) is 0 Å². The molecule has 0 amide bonds. The summed E-state index contributed by atoms with van der Waals surface area (Å²) < 4.78 is 2.70. The van der Waals surface area contributed by atoms with Crippen LogP contribution in [0.25, 0.3) is 4.91 Å². The molecule has 25 heavy (non-hydrogen) atoms. The van der Waals surface area contributed by atoms with Crippen molar-refractivity contribution in [2.45, 2.75) is 52.4 Å². The lowest BCUT2D eigenvalue weighted by atomic mass is 9.78. The van der Waals surface area contributed by atoms with Gasteiger partial charge in [-0.25, -0.2) is 0 Å². The van der Waals surface area contributed by atoms with Gasteiger partial charge in [-0.1, -0.05) is 88.6 Å². The van der Waals surface area contributed by atoms with Gasteiger partial charge in [-0.3, -0.25) is 5.11 Å². The zero-order valence-corrected chi connectivity index (χ0v) is 18.7. The van der Waals surface area contributed by atoms with E-state index in [1.807, 2.05) is 11.8 Å². The van der Waals surface area contributed by atoms with E-state index < -0.39 is 0 Å². The number of thioether (sulfide) groups is 4. The van der Waals surface area contributed by atoms with Crippen LogP contribution in [0.1, 0.15) is 58.2 Å². The molecule has 0 aromatic heterocycles. The van der Waals surface area contributed by atoms with Crippen molar-refractivity contribution in [2.24, 2.45) is 0 Å². The van der Waals surface area contributed by atoms with Crippen molar-refractivity contribution in [3.05, 3.63) is 53.5 Å². The molecule has 0 N–H and O–H groups in total. The Morgan fingerprint density at radius 1 is 0.760 bits per heavy atom. The fraction of sp³-hybridized carbons (Fsp3) is 0.400. The second kappa shape index (κ2) is 6.99. The van der Waals surface area contributed by atoms with Gasteiger partial charge in [-0.05, 0) is 44.8 Å². The minimum atomic E-state index is -0.160. The number of hydrogen-bond acceptors (Lipinski definition) is 4. The molecule has 2 aliphatic rings. The van der Waals surface area contributed by atoms with E-state index in [4.69, 9.17) is 0 Å². The van der Waals surface area contributed by atoms with E-state index in [1.165, 1.54) is 18.9 Å². The first-order valence-electron chi connectivity index (χ1n) is 8.21. The third kappa shape index (κ3) is 4.15. The van der Waals surface area contributed by atoms with Crippen LogP contribution in [0.4, 0.5) is 0 Å². The predicted molar refractivity (Wildman–Crippen MR) is 118 cm³/mol. The van der Waals surface area contributed by atoms with Crippen LogP contribution in [0.2, 0.25) is 0 Å². The van der Waals surface area contributed by atoms with Crippen molar-refractivity contribution in [1.82, 2.24) is 0 Å². The lowest BCUT2D eigenvalue weighted by molar-refractivity contribution is 0.327. The van der Waals surface area contributed by atoms with E-state index in [9.17, 15) is 5.11 Å². The van der Waals surface area contributed by atoms with Crippen molar-refractivity contribution in [1.29, 1.82) is 0 Å². The molecule has 133 valence electrons. The molecule has 0 bridgehead atoms. The van der Waals surface area contributed by atoms with Gasteiger partial charge in [0.2, 0.25) is 0 Å². The normalized spacial score (nSPS) is 18.2. The number of hydrogen-bond donors (Lipinski definition) is 0. The first kappa shape index (κ1) is 19.4. The van der Waals surface area contributed by atoms with E-state index in [0.29, 0.717) is 0 Å². The number of benzene rings is 1. The molecule has 2 heterocycles. The van der Waals surface area contributed by atoms with Crippen LogP contribution in [0.15, 0.2) is 36.8 Å². The highest BCUT2D eigenvalue weighted by Crippen LogP contribution is 2.56. The maximum Gasteiger partial charge on any atom is 0.186 e. The molecule has 5 heteroatoms. The van der Waals surface area contributed by atoms with Crippen LogP contribution in [-0.2, 0) is 15.9 Å². The Bertz CT molecular complexity index is 744. The third-order valence-corrected chi connectivity index (χ3v) is 9.11. The largest absolute Gasteiger partial charge is 0.289 e. The standard InChI is InChI=1S/C20H23OS4/c1-19(2,3)13-9-12(10-14(16(13)21)20(4,5)6)15-11-24-18(25-15)17-22-7-8-23-17/h7-11H,1-6H3. The minimum absolute atomic E-state index is 0.160. The van der Waals surface area contributed by atoms with Gasteiger partial charge in [0.05, 0.1) is 8.47 Å². The zero-order chi connectivity index (χ0) is 18.4. The van der Waals surface area contributed by atoms with Gasteiger partial charge in [0.25, 0.3) is 0 Å². The summed E-state index contributed by atoms with van der Waals surface area (Å²) >= 11 is 7.20. The Kier molecular flexibility index (Phi) is 5.42. The summed E-state index contributed by atoms with van der Waals surface area (Å²) in [5, 5.41) is 19.5. The molecule has 0 aliphatic carbocycles. The highest BCUT2D eigenvalue weighted by molar-refractivity contribution is 8.35. The molecule has 0 atom stereocenters. The first-order valence-corrected chi connectivity index (χ1v) is 11.7. The fourth-order valence-corrected chi connectivity index (χ4v) is 7.12. The van der Waals surface area contributed by atoms with Crippen molar-refractivity contribution in [3.8, 4) is 5.75 Å². The summed E-state index contributed by atoms with van der Waals surface area (Å²) in [5.41, 5.74) is 2.67. The smallest absolute Gasteiger partial charge is 0.186 e. The van der Waals surface area contributed by atoms with E-state index in [0.717, 1.165) is 11.1 Å². The molecule has 3 rings (SSSR count). The highest BCUT2D eigenvalue weighted by atomic mass is 32.2. The Morgan fingerprint density at radius 3 is 1.76 bits per heavy atom. The summed E-state index contributed by atoms with van der Waals surface area (Å²) in [7, 11) is 0. The second-order valence-electron chi connectivity index (χ2n) is 8.19. The minimum Gasteiger partial charge on any atom is -0.289 e. The summed E-state index contributed by atoms with van der Waals surface area (Å²) in [6.45, 7) is 12.7. The van der Waals surface area contributed by atoms with Gasteiger partial charge in [-0.2, -0.15) is 0 Å². The molecule has 2 aliphatic heterocycles. The Hall–Kier alpha value is -0.360. The Balaban J connectivity index is 2.04. The van der Waals surface area contributed by atoms with Gasteiger partial charge in [-0.15, -0.1) is 0 Å². The quantitative estimate of drug-likeness (QED) is 0.466. The maximum atomic E-state index is 13.0. The zero-order valence-electron chi connectivity index (χ0n) is 15.4. The average Bonchev–Trinajstić information content (AvgIpc) is 3.16. The van der Waals surface area contributed by atoms with Gasteiger partial charge >= 0.3 is 0 Å². The molecule has 0 unspecified atom stereocenters. The molecule has 0 saturated heterocycles. The van der Waals surface area contributed by atoms with Crippen LogP contribution in [0.5, 0.6) is 5.75 Å². The van der Waals surface area contributed by atoms with E-state index in [-0.39, 0.29) is 16.6 Å². The van der Waals surface area contributed by atoms with Crippen molar-refractivity contribution < 1.29 is 5.11 Å². The van der Waals surface area contributed by atoms with Crippen LogP contribution < -0.4 is 0 Å². The summed E-state index contributed by atoms with van der Waals surface area (Å²) in [6, 6.07) is 4.22. The third-order valence-electron chi connectivity index (χ3n) is 4.04. The average molecular weight is 408 g/mol. The Labute approximate surface area is 168 Å². The topological polar surface area (TPSA) is 19.9 Å².